The zero-order valence-electron chi connectivity index (χ0n) is 12.6. The summed E-state index contributed by atoms with van der Waals surface area (Å²) in [6.45, 7) is 0.521. The van der Waals surface area contributed by atoms with Gasteiger partial charge in [-0.1, -0.05) is 48.5 Å². The van der Waals surface area contributed by atoms with Crippen molar-refractivity contribution in [2.75, 3.05) is 0 Å². The predicted molar refractivity (Wildman–Crippen MR) is 90.9 cm³/mol. The molecule has 0 atom stereocenters. The third-order valence-corrected chi connectivity index (χ3v) is 3.36. The van der Waals surface area contributed by atoms with Crippen molar-refractivity contribution in [1.29, 1.82) is 0 Å². The van der Waals surface area contributed by atoms with E-state index in [9.17, 15) is 4.79 Å². The van der Waals surface area contributed by atoms with Crippen LogP contribution in [0.1, 0.15) is 11.1 Å². The number of carbonyl (C=O) groups is 1. The fraction of sp³-hybridized carbons (Fsp3) is 0.0526. The van der Waals surface area contributed by atoms with E-state index in [-0.39, 0.29) is 5.91 Å². The van der Waals surface area contributed by atoms with Crippen LogP contribution in [-0.2, 0) is 11.3 Å². The zero-order valence-corrected chi connectivity index (χ0v) is 12.6. The first-order valence-electron chi connectivity index (χ1n) is 7.41. The second-order valence-corrected chi connectivity index (χ2v) is 5.09. The Bertz CT molecular complexity index is 792. The molecule has 2 aromatic carbocycles. The van der Waals surface area contributed by atoms with Crippen LogP contribution in [0.4, 0.5) is 0 Å². The Morgan fingerprint density at radius 1 is 1.04 bits per heavy atom. The van der Waals surface area contributed by atoms with E-state index >= 15 is 0 Å². The highest BCUT2D eigenvalue weighted by atomic mass is 16.1. The molecule has 0 unspecified atom stereocenters. The predicted octanol–water partition coefficient (Wildman–Crippen LogP) is 3.20. The maximum Gasteiger partial charge on any atom is 0.244 e. The topological polar surface area (TPSA) is 46.9 Å². The monoisotopic (exact) mass is 303 g/mol. The molecule has 0 saturated heterocycles. The number of rotatable bonds is 5. The van der Waals surface area contributed by atoms with Crippen LogP contribution >= 0.6 is 0 Å². The number of nitrogens with zero attached hydrogens (tertiary/aromatic N) is 2. The molecule has 0 saturated carbocycles. The van der Waals surface area contributed by atoms with Crippen molar-refractivity contribution in [3.8, 4) is 5.69 Å². The van der Waals surface area contributed by atoms with Gasteiger partial charge in [0.25, 0.3) is 0 Å². The molecule has 4 nitrogen and oxygen atoms in total. The molecule has 0 spiro atoms. The largest absolute Gasteiger partial charge is 0.348 e. The van der Waals surface area contributed by atoms with E-state index in [4.69, 9.17) is 0 Å². The molecule has 0 bridgehead atoms. The van der Waals surface area contributed by atoms with Gasteiger partial charge in [0.05, 0.1) is 11.9 Å². The third kappa shape index (κ3) is 4.17. The minimum Gasteiger partial charge on any atom is -0.348 e. The first-order chi connectivity index (χ1) is 11.3. The van der Waals surface area contributed by atoms with E-state index in [0.29, 0.717) is 6.54 Å². The lowest BCUT2D eigenvalue weighted by Crippen LogP contribution is -2.20. The number of amides is 1. The normalized spacial score (nSPS) is 10.8. The third-order valence-electron chi connectivity index (χ3n) is 3.36. The standard InChI is InChI=1S/C19H17N3O/c23-19(20-13-16-7-3-1-4-8-16)12-11-17-14-21-22(15-17)18-9-5-2-6-10-18/h1-12,14-15H,13H2,(H,20,23)/b12-11+. The van der Waals surface area contributed by atoms with Gasteiger partial charge in [-0.25, -0.2) is 4.68 Å². The number of hydrogen-bond acceptors (Lipinski definition) is 2. The van der Waals surface area contributed by atoms with Crippen molar-refractivity contribution >= 4 is 12.0 Å². The summed E-state index contributed by atoms with van der Waals surface area (Å²) in [7, 11) is 0. The van der Waals surface area contributed by atoms with Crippen molar-refractivity contribution < 1.29 is 4.79 Å². The Labute approximate surface area is 135 Å². The maximum atomic E-state index is 11.8. The molecule has 3 rings (SSSR count). The molecule has 3 aromatic rings. The van der Waals surface area contributed by atoms with Crippen molar-refractivity contribution in [2.45, 2.75) is 6.54 Å². The van der Waals surface area contributed by atoms with Crippen molar-refractivity contribution in [3.63, 3.8) is 0 Å². The van der Waals surface area contributed by atoms with Gasteiger partial charge in [-0.2, -0.15) is 5.10 Å². The second-order valence-electron chi connectivity index (χ2n) is 5.09. The highest BCUT2D eigenvalue weighted by molar-refractivity contribution is 5.91. The van der Waals surface area contributed by atoms with Crippen LogP contribution in [0.2, 0.25) is 0 Å². The lowest BCUT2D eigenvalue weighted by molar-refractivity contribution is -0.116. The van der Waals surface area contributed by atoms with Gasteiger partial charge in [0, 0.05) is 24.4 Å². The van der Waals surface area contributed by atoms with E-state index in [2.05, 4.69) is 10.4 Å². The summed E-state index contributed by atoms with van der Waals surface area (Å²) in [6.07, 6.45) is 6.90. The highest BCUT2D eigenvalue weighted by Crippen LogP contribution is 2.08. The molecule has 23 heavy (non-hydrogen) atoms. The quantitative estimate of drug-likeness (QED) is 0.736. The fourth-order valence-corrected chi connectivity index (χ4v) is 2.16. The molecule has 1 heterocycles. The van der Waals surface area contributed by atoms with Gasteiger partial charge in [0.2, 0.25) is 5.91 Å². The number of para-hydroxylation sites is 1. The first-order valence-corrected chi connectivity index (χ1v) is 7.41. The van der Waals surface area contributed by atoms with Gasteiger partial charge in [0.1, 0.15) is 0 Å². The van der Waals surface area contributed by atoms with Gasteiger partial charge in [-0.15, -0.1) is 0 Å². The average molecular weight is 303 g/mol. The number of aromatic nitrogens is 2. The Morgan fingerprint density at radius 2 is 1.74 bits per heavy atom. The van der Waals surface area contributed by atoms with Gasteiger partial charge in [-0.05, 0) is 23.8 Å². The van der Waals surface area contributed by atoms with Crippen LogP contribution < -0.4 is 5.32 Å². The van der Waals surface area contributed by atoms with E-state index in [1.807, 2.05) is 66.9 Å². The summed E-state index contributed by atoms with van der Waals surface area (Å²) in [4.78, 5) is 11.8. The lowest BCUT2D eigenvalue weighted by Gasteiger charge is -2.01. The molecule has 1 aromatic heterocycles. The molecule has 0 aliphatic carbocycles. The first kappa shape index (κ1) is 14.8. The Balaban J connectivity index is 1.58. The number of nitrogens with one attached hydrogen (secondary N) is 1. The molecule has 114 valence electrons. The smallest absolute Gasteiger partial charge is 0.244 e. The molecular weight excluding hydrogens is 286 g/mol. The summed E-state index contributed by atoms with van der Waals surface area (Å²) < 4.78 is 1.78. The van der Waals surface area contributed by atoms with Crippen LogP contribution in [0.15, 0.2) is 79.1 Å². The minimum atomic E-state index is -0.124. The molecule has 1 amide bonds. The zero-order chi connectivity index (χ0) is 15.9. The van der Waals surface area contributed by atoms with Crippen molar-refractivity contribution in [2.24, 2.45) is 0 Å². The van der Waals surface area contributed by atoms with E-state index < -0.39 is 0 Å². The summed E-state index contributed by atoms with van der Waals surface area (Å²) in [5.74, 6) is -0.124. The molecule has 0 aliphatic heterocycles. The Morgan fingerprint density at radius 3 is 2.48 bits per heavy atom. The summed E-state index contributed by atoms with van der Waals surface area (Å²) in [5.41, 5.74) is 2.94. The van der Waals surface area contributed by atoms with E-state index in [0.717, 1.165) is 16.8 Å². The van der Waals surface area contributed by atoms with Gasteiger partial charge in [-0.3, -0.25) is 4.79 Å². The van der Waals surface area contributed by atoms with Crippen LogP contribution in [0, 0.1) is 0 Å². The lowest BCUT2D eigenvalue weighted by atomic mass is 10.2. The van der Waals surface area contributed by atoms with Gasteiger partial charge >= 0.3 is 0 Å². The number of benzene rings is 2. The summed E-state index contributed by atoms with van der Waals surface area (Å²) >= 11 is 0. The second kappa shape index (κ2) is 7.22. The fourth-order valence-electron chi connectivity index (χ4n) is 2.16. The molecule has 0 radical (unpaired) electrons. The van der Waals surface area contributed by atoms with Gasteiger partial charge < -0.3 is 5.32 Å². The molecular formula is C19H17N3O. The molecule has 0 aliphatic rings. The Hall–Kier alpha value is -3.14. The van der Waals surface area contributed by atoms with Crippen molar-refractivity contribution in [1.82, 2.24) is 15.1 Å². The summed E-state index contributed by atoms with van der Waals surface area (Å²) in [5, 5.41) is 7.15. The molecule has 4 heteroatoms. The summed E-state index contributed by atoms with van der Waals surface area (Å²) in [6, 6.07) is 19.7. The van der Waals surface area contributed by atoms with Crippen LogP contribution in [0.5, 0.6) is 0 Å². The van der Waals surface area contributed by atoms with E-state index in [1.54, 1.807) is 17.0 Å². The highest BCUT2D eigenvalue weighted by Gasteiger charge is 1.99. The minimum absolute atomic E-state index is 0.124. The van der Waals surface area contributed by atoms with Crippen molar-refractivity contribution in [3.05, 3.63) is 90.3 Å². The van der Waals surface area contributed by atoms with Crippen LogP contribution in [0.3, 0.4) is 0 Å². The Kier molecular flexibility index (Phi) is 4.64. The van der Waals surface area contributed by atoms with Gasteiger partial charge in [0.15, 0.2) is 0 Å². The molecule has 0 fully saturated rings. The maximum absolute atomic E-state index is 11.8. The number of hydrogen-bond donors (Lipinski definition) is 1. The SMILES string of the molecule is O=C(/C=C/c1cnn(-c2ccccc2)c1)NCc1ccccc1. The van der Waals surface area contributed by atoms with E-state index in [1.165, 1.54) is 6.08 Å². The van der Waals surface area contributed by atoms with Crippen LogP contribution in [-0.4, -0.2) is 15.7 Å². The molecule has 1 N–H and O–H groups in total. The average Bonchev–Trinajstić information content (AvgIpc) is 3.09. The van der Waals surface area contributed by atoms with Crippen LogP contribution in [0.25, 0.3) is 11.8 Å². The number of carbonyl (C=O) groups excluding carboxylic acids is 1.